The van der Waals surface area contributed by atoms with E-state index in [-0.39, 0.29) is 0 Å². The lowest BCUT2D eigenvalue weighted by Gasteiger charge is -2.18. The van der Waals surface area contributed by atoms with Crippen LogP contribution in [0.5, 0.6) is 5.75 Å². The Bertz CT molecular complexity index is 500. The lowest BCUT2D eigenvalue weighted by atomic mass is 10.1. The van der Waals surface area contributed by atoms with Gasteiger partial charge < -0.3 is 10.1 Å². The minimum Gasteiger partial charge on any atom is -0.494 e. The van der Waals surface area contributed by atoms with Gasteiger partial charge in [0.2, 0.25) is 0 Å². The fourth-order valence-corrected chi connectivity index (χ4v) is 3.66. The second-order valence-corrected chi connectivity index (χ2v) is 6.23. The summed E-state index contributed by atoms with van der Waals surface area (Å²) in [5.74, 6) is 0.936. The van der Waals surface area contributed by atoms with Gasteiger partial charge in [-0.3, -0.25) is 0 Å². The summed E-state index contributed by atoms with van der Waals surface area (Å²) in [7, 11) is 0. The third kappa shape index (κ3) is 4.62. The summed E-state index contributed by atoms with van der Waals surface area (Å²) in [4.78, 5) is 0. The van der Waals surface area contributed by atoms with E-state index in [4.69, 9.17) is 4.74 Å². The van der Waals surface area contributed by atoms with Crippen LogP contribution in [0.1, 0.15) is 31.4 Å². The molecule has 20 heavy (non-hydrogen) atoms. The SMILES string of the molecule is CCCNC(CCOc1ccccc1)c1cscc1Br. The predicted molar refractivity (Wildman–Crippen MR) is 89.6 cm³/mol. The molecule has 0 radical (unpaired) electrons. The van der Waals surface area contributed by atoms with Crippen molar-refractivity contribution in [1.29, 1.82) is 0 Å². The van der Waals surface area contributed by atoms with Crippen LogP contribution in [-0.4, -0.2) is 13.2 Å². The van der Waals surface area contributed by atoms with Crippen LogP contribution in [0.15, 0.2) is 45.6 Å². The molecule has 0 aliphatic rings. The standard InChI is InChI=1S/C16H20BrNOS/c1-2-9-18-16(14-11-20-12-15(14)17)8-10-19-13-6-4-3-5-7-13/h3-7,11-12,16,18H,2,8-10H2,1H3. The minimum absolute atomic E-state index is 0.347. The van der Waals surface area contributed by atoms with Crippen molar-refractivity contribution in [3.8, 4) is 5.75 Å². The van der Waals surface area contributed by atoms with Gasteiger partial charge in [-0.25, -0.2) is 0 Å². The highest BCUT2D eigenvalue weighted by molar-refractivity contribution is 9.10. The Balaban J connectivity index is 1.89. The summed E-state index contributed by atoms with van der Waals surface area (Å²) < 4.78 is 6.99. The average molecular weight is 354 g/mol. The fraction of sp³-hybridized carbons (Fsp3) is 0.375. The average Bonchev–Trinajstić information content (AvgIpc) is 2.90. The van der Waals surface area contributed by atoms with Gasteiger partial charge in [-0.2, -0.15) is 11.3 Å². The molecule has 108 valence electrons. The number of para-hydroxylation sites is 1. The molecule has 4 heteroatoms. The molecule has 0 aliphatic carbocycles. The van der Waals surface area contributed by atoms with Crippen molar-refractivity contribution in [2.24, 2.45) is 0 Å². The number of benzene rings is 1. The molecule has 1 atom stereocenters. The summed E-state index contributed by atoms with van der Waals surface area (Å²) in [6.45, 7) is 3.93. The van der Waals surface area contributed by atoms with Crippen LogP contribution in [0.2, 0.25) is 0 Å². The van der Waals surface area contributed by atoms with Gasteiger partial charge in [0.05, 0.1) is 6.61 Å². The highest BCUT2D eigenvalue weighted by atomic mass is 79.9. The molecule has 2 nitrogen and oxygen atoms in total. The zero-order valence-electron chi connectivity index (χ0n) is 11.6. The molecular weight excluding hydrogens is 334 g/mol. The summed E-state index contributed by atoms with van der Waals surface area (Å²) in [5, 5.41) is 7.94. The molecule has 1 aromatic carbocycles. The lowest BCUT2D eigenvalue weighted by molar-refractivity contribution is 0.286. The highest BCUT2D eigenvalue weighted by Gasteiger charge is 2.14. The number of halogens is 1. The quantitative estimate of drug-likeness (QED) is 0.719. The number of hydrogen-bond donors (Lipinski definition) is 1. The fourth-order valence-electron chi connectivity index (χ4n) is 2.04. The van der Waals surface area contributed by atoms with Gasteiger partial charge in [-0.15, -0.1) is 0 Å². The maximum atomic E-state index is 5.80. The van der Waals surface area contributed by atoms with E-state index in [1.54, 1.807) is 11.3 Å². The predicted octanol–water partition coefficient (Wildman–Crippen LogP) is 5.02. The molecule has 2 rings (SSSR count). The van der Waals surface area contributed by atoms with Gasteiger partial charge in [0, 0.05) is 22.3 Å². The molecule has 1 N–H and O–H groups in total. The lowest BCUT2D eigenvalue weighted by Crippen LogP contribution is -2.23. The molecule has 0 aliphatic heterocycles. The molecule has 0 bridgehead atoms. The van der Waals surface area contributed by atoms with E-state index in [0.29, 0.717) is 12.6 Å². The second kappa shape index (κ2) is 8.45. The topological polar surface area (TPSA) is 21.3 Å². The first kappa shape index (κ1) is 15.5. The van der Waals surface area contributed by atoms with E-state index >= 15 is 0 Å². The molecule has 1 aromatic heterocycles. The van der Waals surface area contributed by atoms with Crippen LogP contribution >= 0.6 is 27.3 Å². The van der Waals surface area contributed by atoms with Gasteiger partial charge in [0.15, 0.2) is 0 Å². The van der Waals surface area contributed by atoms with Crippen LogP contribution in [0.4, 0.5) is 0 Å². The van der Waals surface area contributed by atoms with Crippen molar-refractivity contribution in [1.82, 2.24) is 5.32 Å². The van der Waals surface area contributed by atoms with Gasteiger partial charge in [0.1, 0.15) is 5.75 Å². The number of hydrogen-bond acceptors (Lipinski definition) is 3. The van der Waals surface area contributed by atoms with Crippen molar-refractivity contribution in [2.75, 3.05) is 13.2 Å². The highest BCUT2D eigenvalue weighted by Crippen LogP contribution is 2.29. The van der Waals surface area contributed by atoms with Crippen molar-refractivity contribution >= 4 is 27.3 Å². The van der Waals surface area contributed by atoms with Crippen LogP contribution in [-0.2, 0) is 0 Å². The molecule has 1 unspecified atom stereocenters. The Morgan fingerprint density at radius 2 is 2.05 bits per heavy atom. The third-order valence-corrected chi connectivity index (χ3v) is 4.83. The number of nitrogens with one attached hydrogen (secondary N) is 1. The molecule has 0 spiro atoms. The maximum absolute atomic E-state index is 5.80. The van der Waals surface area contributed by atoms with Gasteiger partial charge in [-0.1, -0.05) is 25.1 Å². The molecule has 0 saturated heterocycles. The van der Waals surface area contributed by atoms with Gasteiger partial charge in [0.25, 0.3) is 0 Å². The van der Waals surface area contributed by atoms with Crippen molar-refractivity contribution in [2.45, 2.75) is 25.8 Å². The third-order valence-electron chi connectivity index (χ3n) is 3.08. The molecule has 2 aromatic rings. The number of ether oxygens (including phenoxy) is 1. The second-order valence-electron chi connectivity index (χ2n) is 4.63. The van der Waals surface area contributed by atoms with Gasteiger partial charge >= 0.3 is 0 Å². The Morgan fingerprint density at radius 1 is 1.25 bits per heavy atom. The molecule has 0 amide bonds. The molecule has 0 fully saturated rings. The van der Waals surface area contributed by atoms with Crippen LogP contribution in [0, 0.1) is 0 Å². The van der Waals surface area contributed by atoms with E-state index < -0.39 is 0 Å². The van der Waals surface area contributed by atoms with E-state index in [0.717, 1.165) is 25.1 Å². The first-order valence-corrected chi connectivity index (χ1v) is 8.67. The molecular formula is C16H20BrNOS. The minimum atomic E-state index is 0.347. The molecule has 1 heterocycles. The van der Waals surface area contributed by atoms with Gasteiger partial charge in [-0.05, 0) is 52.0 Å². The van der Waals surface area contributed by atoms with E-state index in [1.165, 1.54) is 10.0 Å². The van der Waals surface area contributed by atoms with Crippen LogP contribution in [0.3, 0.4) is 0 Å². The summed E-state index contributed by atoms with van der Waals surface area (Å²) in [6.07, 6.45) is 2.10. The zero-order valence-corrected chi connectivity index (χ0v) is 14.0. The first-order chi connectivity index (χ1) is 9.81. The molecule has 0 saturated carbocycles. The van der Waals surface area contributed by atoms with E-state index in [2.05, 4.69) is 38.9 Å². The Hall–Kier alpha value is -0.840. The largest absolute Gasteiger partial charge is 0.494 e. The monoisotopic (exact) mass is 353 g/mol. The summed E-state index contributed by atoms with van der Waals surface area (Å²) >= 11 is 5.36. The van der Waals surface area contributed by atoms with E-state index in [1.807, 2.05) is 30.3 Å². The summed E-state index contributed by atoms with van der Waals surface area (Å²) in [6, 6.07) is 10.3. The van der Waals surface area contributed by atoms with Crippen molar-refractivity contribution in [3.05, 3.63) is 51.1 Å². The van der Waals surface area contributed by atoms with Crippen LogP contribution < -0.4 is 10.1 Å². The smallest absolute Gasteiger partial charge is 0.119 e. The Kier molecular flexibility index (Phi) is 6.57. The normalized spacial score (nSPS) is 12.3. The zero-order chi connectivity index (χ0) is 14.2. The van der Waals surface area contributed by atoms with Crippen molar-refractivity contribution < 1.29 is 4.74 Å². The van der Waals surface area contributed by atoms with E-state index in [9.17, 15) is 0 Å². The Labute approximate surface area is 133 Å². The van der Waals surface area contributed by atoms with Crippen molar-refractivity contribution in [3.63, 3.8) is 0 Å². The summed E-state index contributed by atoms with van der Waals surface area (Å²) in [5.41, 5.74) is 1.33. The Morgan fingerprint density at radius 3 is 2.70 bits per heavy atom. The first-order valence-electron chi connectivity index (χ1n) is 6.94. The number of thiophene rings is 1. The maximum Gasteiger partial charge on any atom is 0.119 e. The van der Waals surface area contributed by atoms with Crippen LogP contribution in [0.25, 0.3) is 0 Å². The number of rotatable bonds is 8.